The van der Waals surface area contributed by atoms with Crippen molar-refractivity contribution in [1.82, 2.24) is 10.6 Å². The lowest BCUT2D eigenvalue weighted by Crippen LogP contribution is -2.42. The van der Waals surface area contributed by atoms with Crippen molar-refractivity contribution in [1.29, 1.82) is 10.8 Å². The number of nitrogens with one attached hydrogen (secondary N) is 6. The van der Waals surface area contributed by atoms with Crippen molar-refractivity contribution in [3.8, 4) is 23.0 Å². The molecule has 0 spiro atoms. The summed E-state index contributed by atoms with van der Waals surface area (Å²) >= 11 is 0. The normalized spacial score (nSPS) is 11.3. The Hall–Kier alpha value is -9.26. The fourth-order valence-electron chi connectivity index (χ4n) is 5.52. The molecule has 2 atom stereocenters. The third-order valence-corrected chi connectivity index (χ3v) is 8.55. The van der Waals surface area contributed by atoms with E-state index in [1.807, 2.05) is 0 Å². The Bertz CT molecular complexity index is 2360. The Balaban J connectivity index is 1.43. The third-order valence-electron chi connectivity index (χ3n) is 8.55. The smallest absolute Gasteiger partial charge is 0.343 e. The number of esters is 2. The molecule has 2 unspecified atom stereocenters. The van der Waals surface area contributed by atoms with Crippen LogP contribution in [-0.2, 0) is 23.9 Å². The number of carbonyl (C=O) groups is 8. The highest BCUT2D eigenvalue weighted by Gasteiger charge is 2.27. The Kier molecular flexibility index (Phi) is 18.0. The van der Waals surface area contributed by atoms with Gasteiger partial charge in [0.1, 0.15) is 48.3 Å². The van der Waals surface area contributed by atoms with Gasteiger partial charge in [-0.05, 0) is 84.9 Å². The van der Waals surface area contributed by atoms with E-state index in [1.54, 1.807) is 0 Å². The molecule has 4 aromatic rings. The average molecular weight is 931 g/mol. The van der Waals surface area contributed by atoms with Crippen molar-refractivity contribution >= 4 is 70.9 Å². The summed E-state index contributed by atoms with van der Waals surface area (Å²) in [6.45, 7) is -0.839. The van der Waals surface area contributed by atoms with E-state index in [1.165, 1.54) is 72.8 Å². The van der Waals surface area contributed by atoms with Gasteiger partial charge in [0.25, 0.3) is 11.8 Å². The number of benzene rings is 4. The molecule has 352 valence electrons. The number of carboxylic acid groups (broad SMARTS) is 4. The molecule has 14 N–H and O–H groups in total. The Labute approximate surface area is 377 Å². The van der Waals surface area contributed by atoms with Crippen LogP contribution in [-0.4, -0.2) is 118 Å². The number of amides is 2. The number of nitrogens with two attached hydrogens (primary N) is 2. The van der Waals surface area contributed by atoms with Gasteiger partial charge in [0.2, 0.25) is 0 Å². The van der Waals surface area contributed by atoms with Crippen LogP contribution in [0.4, 0.5) is 11.4 Å². The van der Waals surface area contributed by atoms with Gasteiger partial charge in [0.15, 0.2) is 11.9 Å². The number of guanidine groups is 2. The zero-order chi connectivity index (χ0) is 49.2. The largest absolute Gasteiger partial charge is 0.490 e. The summed E-state index contributed by atoms with van der Waals surface area (Å²) in [5.74, 6) is -11.6. The summed E-state index contributed by atoms with van der Waals surface area (Å²) in [5, 5.41) is 61.2. The van der Waals surface area contributed by atoms with E-state index < -0.39 is 72.6 Å². The molecule has 0 aliphatic heterocycles. The van der Waals surface area contributed by atoms with Gasteiger partial charge in [-0.25, -0.2) is 19.2 Å². The zero-order valence-electron chi connectivity index (χ0n) is 34.7. The molecule has 4 aromatic carbocycles. The molecule has 4 rings (SSSR count). The number of carboxylic acids is 4. The van der Waals surface area contributed by atoms with Gasteiger partial charge in [-0.15, -0.1) is 0 Å². The zero-order valence-corrected chi connectivity index (χ0v) is 34.7. The number of aliphatic carboxylic acids is 4. The van der Waals surface area contributed by atoms with Crippen molar-refractivity contribution in [3.05, 3.63) is 107 Å². The van der Waals surface area contributed by atoms with Gasteiger partial charge < -0.3 is 76.8 Å². The second-order valence-electron chi connectivity index (χ2n) is 13.6. The Morgan fingerprint density at radius 3 is 1.19 bits per heavy atom. The van der Waals surface area contributed by atoms with Gasteiger partial charge in [-0.2, -0.15) is 0 Å². The number of hydrogen-bond donors (Lipinski definition) is 12. The van der Waals surface area contributed by atoms with Crippen molar-refractivity contribution in [3.63, 3.8) is 0 Å². The molecule has 25 nitrogen and oxygen atoms in total. The summed E-state index contributed by atoms with van der Waals surface area (Å²) < 4.78 is 27.7. The monoisotopic (exact) mass is 930 g/mol. The maximum absolute atomic E-state index is 13.3. The molecule has 0 saturated heterocycles. The number of anilines is 2. The summed E-state index contributed by atoms with van der Waals surface area (Å²) in [6, 6.07) is 14.7. The standard InChI is InChI=1S/C42H42N8O17/c43-41(44)47-23-5-1-21(2-6-23)39(61)66-25-9-11-31(27(17-25)35(55)49-29(37(57)58)19-33(51)52)64-15-13-63-14-16-65-32-12-10-26(18-28(32)36(56)50-30(38(59)60)20-34(53)54)67-40(62)22-3-7-24(8-4-22)48-42(45)46/h1-12,17-18,29-30H,13-16,19-20H2,(H,49,55)(H,50,56)(H,51,52)(H,53,54)(H,57,58)(H,59,60)(H4,43,44,47)(H4,45,46,48). The third kappa shape index (κ3) is 16.1. The first-order valence-electron chi connectivity index (χ1n) is 19.3. The summed E-state index contributed by atoms with van der Waals surface area (Å²) in [4.78, 5) is 98.3. The topological polar surface area (TPSA) is 411 Å². The van der Waals surface area contributed by atoms with Crippen LogP contribution >= 0.6 is 0 Å². The average Bonchev–Trinajstić information content (AvgIpc) is 3.25. The van der Waals surface area contributed by atoms with Crippen molar-refractivity contribution < 1.29 is 82.5 Å². The second-order valence-corrected chi connectivity index (χ2v) is 13.6. The highest BCUT2D eigenvalue weighted by atomic mass is 16.6. The van der Waals surface area contributed by atoms with E-state index >= 15 is 0 Å². The van der Waals surface area contributed by atoms with Crippen molar-refractivity contribution in [2.75, 3.05) is 37.1 Å². The molecule has 0 aliphatic carbocycles. The first kappa shape index (κ1) is 50.4. The lowest BCUT2D eigenvalue weighted by Gasteiger charge is -2.17. The van der Waals surface area contributed by atoms with Crippen LogP contribution in [0.2, 0.25) is 0 Å². The minimum absolute atomic E-state index is 0.0677. The van der Waals surface area contributed by atoms with Gasteiger partial charge in [0.05, 0.1) is 48.3 Å². The van der Waals surface area contributed by atoms with Crippen molar-refractivity contribution in [2.45, 2.75) is 24.9 Å². The van der Waals surface area contributed by atoms with Gasteiger partial charge >= 0.3 is 35.8 Å². The van der Waals surface area contributed by atoms with Crippen LogP contribution < -0.4 is 51.7 Å². The van der Waals surface area contributed by atoms with Crippen LogP contribution in [0.25, 0.3) is 0 Å². The second kappa shape index (κ2) is 24.0. The quantitative estimate of drug-likeness (QED) is 0.0156. The summed E-state index contributed by atoms with van der Waals surface area (Å²) in [7, 11) is 0. The molecule has 0 saturated carbocycles. The maximum Gasteiger partial charge on any atom is 0.343 e. The molecule has 0 aromatic heterocycles. The molecule has 2 amide bonds. The molecule has 25 heteroatoms. The van der Waals surface area contributed by atoms with Crippen LogP contribution in [0.1, 0.15) is 54.3 Å². The minimum atomic E-state index is -1.85. The van der Waals surface area contributed by atoms with Crippen LogP contribution in [0.5, 0.6) is 23.0 Å². The highest BCUT2D eigenvalue weighted by Crippen LogP contribution is 2.27. The lowest BCUT2D eigenvalue weighted by atomic mass is 10.1. The predicted molar refractivity (Wildman–Crippen MR) is 231 cm³/mol. The summed E-state index contributed by atoms with van der Waals surface area (Å²) in [5.41, 5.74) is 10.9. The Morgan fingerprint density at radius 1 is 0.522 bits per heavy atom. The SMILES string of the molecule is N=C(N)Nc1ccc(C(=O)Oc2ccc(OCCOCCOc3ccc(OC(=O)c4ccc(NC(=N)N)cc4)cc3C(=O)NC(CC(=O)O)C(=O)O)c(C(=O)NC(CC(=O)O)C(=O)O)c2)cc1. The van der Waals surface area contributed by atoms with Crippen LogP contribution in [0.15, 0.2) is 84.9 Å². The number of hydrogen-bond acceptors (Lipinski definition) is 15. The van der Waals surface area contributed by atoms with Crippen LogP contribution in [0, 0.1) is 10.8 Å². The van der Waals surface area contributed by atoms with E-state index in [9.17, 15) is 48.6 Å². The molecule has 0 heterocycles. The fourth-order valence-corrected chi connectivity index (χ4v) is 5.52. The van der Waals surface area contributed by atoms with Gasteiger partial charge in [-0.1, -0.05) is 0 Å². The number of ether oxygens (including phenoxy) is 5. The molecule has 0 fully saturated rings. The molecular formula is C42H42N8O17. The first-order valence-corrected chi connectivity index (χ1v) is 19.3. The minimum Gasteiger partial charge on any atom is -0.490 e. The van der Waals surface area contributed by atoms with E-state index in [2.05, 4.69) is 21.3 Å². The van der Waals surface area contributed by atoms with E-state index in [-0.39, 0.29) is 83.6 Å². The van der Waals surface area contributed by atoms with Crippen molar-refractivity contribution in [2.24, 2.45) is 11.5 Å². The number of carbonyl (C=O) groups excluding carboxylic acids is 4. The maximum atomic E-state index is 13.3. The lowest BCUT2D eigenvalue weighted by molar-refractivity contribution is -0.145. The first-order chi connectivity index (χ1) is 31.8. The molecule has 0 aliphatic rings. The Morgan fingerprint density at radius 2 is 0.881 bits per heavy atom. The molecule has 0 bridgehead atoms. The predicted octanol–water partition coefficient (Wildman–Crippen LogP) is 1.53. The number of rotatable bonds is 24. The highest BCUT2D eigenvalue weighted by molar-refractivity contribution is 6.02. The fraction of sp³-hybridized carbons (Fsp3) is 0.190. The van der Waals surface area contributed by atoms with E-state index in [0.29, 0.717) is 11.4 Å². The van der Waals surface area contributed by atoms with E-state index in [0.717, 1.165) is 12.1 Å². The van der Waals surface area contributed by atoms with Gasteiger partial charge in [-0.3, -0.25) is 30.0 Å². The van der Waals surface area contributed by atoms with Gasteiger partial charge in [0, 0.05) is 11.4 Å². The molecule has 0 radical (unpaired) electrons. The summed E-state index contributed by atoms with van der Waals surface area (Å²) in [6.07, 6.45) is -1.93. The van der Waals surface area contributed by atoms with Crippen LogP contribution in [0.3, 0.4) is 0 Å². The molecule has 67 heavy (non-hydrogen) atoms. The molecular weight excluding hydrogens is 889 g/mol. The van der Waals surface area contributed by atoms with E-state index in [4.69, 9.17) is 56.2 Å².